The van der Waals surface area contributed by atoms with E-state index in [1.54, 1.807) is 31.4 Å². The van der Waals surface area contributed by atoms with E-state index in [4.69, 9.17) is 41.5 Å². The first-order chi connectivity index (χ1) is 14.6. The van der Waals surface area contributed by atoms with Crippen molar-refractivity contribution in [3.63, 3.8) is 0 Å². The molecule has 0 aliphatic rings. The second-order valence-corrected chi connectivity index (χ2v) is 7.61. The second-order valence-electron chi connectivity index (χ2n) is 5.84. The van der Waals surface area contributed by atoms with Gasteiger partial charge in [-0.25, -0.2) is 0 Å². The van der Waals surface area contributed by atoms with E-state index in [0.717, 1.165) is 0 Å². The van der Waals surface area contributed by atoms with E-state index in [1.807, 2.05) is 18.2 Å². The number of hydrogen-bond donors (Lipinski definition) is 0. The fourth-order valence-electron chi connectivity index (χ4n) is 2.40. The highest BCUT2D eigenvalue weighted by Gasteiger charge is 2.14. The summed E-state index contributed by atoms with van der Waals surface area (Å²) in [7, 11) is 1.59. The van der Waals surface area contributed by atoms with Crippen molar-refractivity contribution in [2.75, 3.05) is 7.11 Å². The minimum Gasteiger partial charge on any atom is -0.497 e. The van der Waals surface area contributed by atoms with Gasteiger partial charge in [-0.3, -0.25) is 0 Å². The molecule has 0 N–H and O–H groups in total. The number of methoxy groups -OCH3 is 1. The van der Waals surface area contributed by atoms with Gasteiger partial charge >= 0.3 is 0 Å². The van der Waals surface area contributed by atoms with Crippen molar-refractivity contribution >= 4 is 35.0 Å². The molecule has 0 spiro atoms. The van der Waals surface area contributed by atoms with Gasteiger partial charge in [-0.2, -0.15) is 0 Å². The zero-order valence-corrected chi connectivity index (χ0v) is 17.9. The molecule has 0 unspecified atom stereocenters. The number of aromatic nitrogens is 4. The monoisotopic (exact) mass is 464 g/mol. The van der Waals surface area contributed by atoms with Crippen LogP contribution in [0.3, 0.4) is 0 Å². The lowest BCUT2D eigenvalue weighted by molar-refractivity contribution is 0.251. The van der Waals surface area contributed by atoms with Gasteiger partial charge in [0.1, 0.15) is 11.5 Å². The number of ether oxygens (including phenoxy) is 2. The Kier molecular flexibility index (Phi) is 6.41. The maximum Gasteiger partial charge on any atom is 0.277 e. The summed E-state index contributed by atoms with van der Waals surface area (Å²) in [5, 5.41) is 17.3. The number of rotatable bonds is 8. The molecule has 11 heteroatoms. The molecule has 0 amide bonds. The van der Waals surface area contributed by atoms with Gasteiger partial charge in [0, 0.05) is 11.1 Å². The first kappa shape index (κ1) is 20.5. The molecule has 4 rings (SSSR count). The lowest BCUT2D eigenvalue weighted by Gasteiger charge is -2.05. The fourth-order valence-corrected chi connectivity index (χ4v) is 3.50. The normalized spacial score (nSPS) is 10.9. The smallest absolute Gasteiger partial charge is 0.277 e. The maximum absolute atomic E-state index is 6.17. The van der Waals surface area contributed by atoms with Crippen LogP contribution in [0, 0.1) is 0 Å². The van der Waals surface area contributed by atoms with Crippen molar-refractivity contribution in [1.29, 1.82) is 0 Å². The van der Waals surface area contributed by atoms with Gasteiger partial charge in [-0.1, -0.05) is 41.0 Å². The summed E-state index contributed by atoms with van der Waals surface area (Å²) in [5.74, 6) is 2.75. The molecule has 0 radical (unpaired) electrons. The largest absolute Gasteiger partial charge is 0.497 e. The summed E-state index contributed by atoms with van der Waals surface area (Å²) in [5.41, 5.74) is 0.611. The Balaban J connectivity index is 1.33. The summed E-state index contributed by atoms with van der Waals surface area (Å²) in [4.78, 5) is 0. The van der Waals surface area contributed by atoms with Gasteiger partial charge in [-0.15, -0.1) is 20.4 Å². The first-order valence-electron chi connectivity index (χ1n) is 8.60. The van der Waals surface area contributed by atoms with Gasteiger partial charge < -0.3 is 18.3 Å². The molecule has 8 nitrogen and oxygen atoms in total. The van der Waals surface area contributed by atoms with E-state index in [0.29, 0.717) is 55.8 Å². The van der Waals surface area contributed by atoms with Crippen molar-refractivity contribution in [2.24, 2.45) is 0 Å². The molecular formula is C19H14Cl2N4O4S. The van der Waals surface area contributed by atoms with Crippen LogP contribution in [-0.2, 0) is 12.4 Å². The van der Waals surface area contributed by atoms with Crippen LogP contribution < -0.4 is 9.47 Å². The molecule has 0 bridgehead atoms. The van der Waals surface area contributed by atoms with Crippen LogP contribution in [0.4, 0.5) is 0 Å². The Labute approximate surface area is 185 Å². The number of benzene rings is 2. The van der Waals surface area contributed by atoms with Gasteiger partial charge in [0.05, 0.1) is 23.4 Å². The van der Waals surface area contributed by atoms with Crippen molar-refractivity contribution in [3.05, 3.63) is 64.3 Å². The van der Waals surface area contributed by atoms with Crippen LogP contribution in [0.25, 0.3) is 11.5 Å². The maximum atomic E-state index is 6.17. The first-order valence-corrected chi connectivity index (χ1v) is 10.3. The zero-order valence-electron chi connectivity index (χ0n) is 15.5. The molecule has 0 aliphatic heterocycles. The Hall–Kier alpha value is -2.75. The molecule has 2 aromatic carbocycles. The molecule has 4 aromatic rings. The summed E-state index contributed by atoms with van der Waals surface area (Å²) in [6, 6.07) is 12.3. The van der Waals surface area contributed by atoms with E-state index in [9.17, 15) is 0 Å². The Morgan fingerprint density at radius 1 is 0.933 bits per heavy atom. The molecule has 0 aliphatic carbocycles. The van der Waals surface area contributed by atoms with Crippen LogP contribution in [0.1, 0.15) is 11.8 Å². The van der Waals surface area contributed by atoms with Crippen LogP contribution in [0.2, 0.25) is 10.0 Å². The second kappa shape index (κ2) is 9.38. The van der Waals surface area contributed by atoms with Crippen LogP contribution in [0.15, 0.2) is 56.5 Å². The quantitative estimate of drug-likeness (QED) is 0.321. The highest BCUT2D eigenvalue weighted by atomic mass is 35.5. The minimum atomic E-state index is 0.139. The third-order valence-corrected chi connectivity index (χ3v) is 5.15. The van der Waals surface area contributed by atoms with Gasteiger partial charge in [0.15, 0.2) is 6.61 Å². The van der Waals surface area contributed by atoms with Crippen LogP contribution in [0.5, 0.6) is 11.5 Å². The van der Waals surface area contributed by atoms with Crippen molar-refractivity contribution < 1.29 is 18.3 Å². The molecule has 0 atom stereocenters. The standard InChI is InChI=1S/C19H14Cl2N4O4S/c1-26-12-3-2-4-13(8-12)27-9-16-22-25-19(29-16)30-10-17-23-24-18(28-17)14-6-5-11(20)7-15(14)21/h2-8H,9-10H2,1H3. The predicted octanol–water partition coefficient (Wildman–Crippen LogP) is 5.31. The minimum absolute atomic E-state index is 0.139. The van der Waals surface area contributed by atoms with Crippen LogP contribution in [-0.4, -0.2) is 27.5 Å². The zero-order chi connectivity index (χ0) is 20.9. The molecule has 154 valence electrons. The van der Waals surface area contributed by atoms with E-state index in [2.05, 4.69) is 20.4 Å². The van der Waals surface area contributed by atoms with Gasteiger partial charge in [0.25, 0.3) is 11.1 Å². The highest BCUT2D eigenvalue weighted by Crippen LogP contribution is 2.30. The van der Waals surface area contributed by atoms with Crippen molar-refractivity contribution in [2.45, 2.75) is 17.6 Å². The van der Waals surface area contributed by atoms with Crippen molar-refractivity contribution in [1.82, 2.24) is 20.4 Å². The van der Waals surface area contributed by atoms with Crippen molar-refractivity contribution in [3.8, 4) is 23.0 Å². The number of nitrogens with zero attached hydrogens (tertiary/aromatic N) is 4. The lowest BCUT2D eigenvalue weighted by atomic mass is 10.2. The Bertz CT molecular complexity index is 1150. The topological polar surface area (TPSA) is 96.3 Å². The number of thioether (sulfide) groups is 1. The van der Waals surface area contributed by atoms with Gasteiger partial charge in [-0.05, 0) is 30.3 Å². The molecule has 0 saturated heterocycles. The third-order valence-electron chi connectivity index (χ3n) is 3.80. The summed E-state index contributed by atoms with van der Waals surface area (Å²) in [6.07, 6.45) is 0. The molecular weight excluding hydrogens is 451 g/mol. The lowest BCUT2D eigenvalue weighted by Crippen LogP contribution is -1.96. The fraction of sp³-hybridized carbons (Fsp3) is 0.158. The van der Waals surface area contributed by atoms with E-state index in [-0.39, 0.29) is 6.61 Å². The average molecular weight is 465 g/mol. The summed E-state index contributed by atoms with van der Waals surface area (Å²) in [6.45, 7) is 0.139. The van der Waals surface area contributed by atoms with Gasteiger partial charge in [0.2, 0.25) is 11.8 Å². The molecule has 0 saturated carbocycles. The summed E-state index contributed by atoms with van der Waals surface area (Å²) < 4.78 is 22.0. The summed E-state index contributed by atoms with van der Waals surface area (Å²) >= 11 is 13.3. The molecule has 2 heterocycles. The number of hydrogen-bond acceptors (Lipinski definition) is 9. The third kappa shape index (κ3) is 5.05. The average Bonchev–Trinajstić information content (AvgIpc) is 3.40. The Morgan fingerprint density at radius 3 is 2.60 bits per heavy atom. The highest BCUT2D eigenvalue weighted by molar-refractivity contribution is 7.98. The van der Waals surface area contributed by atoms with E-state index >= 15 is 0 Å². The molecule has 0 fully saturated rings. The Morgan fingerprint density at radius 2 is 1.77 bits per heavy atom. The van der Waals surface area contributed by atoms with E-state index < -0.39 is 0 Å². The van der Waals surface area contributed by atoms with E-state index in [1.165, 1.54) is 11.8 Å². The number of halogens is 2. The molecule has 2 aromatic heterocycles. The predicted molar refractivity (Wildman–Crippen MR) is 111 cm³/mol. The SMILES string of the molecule is COc1cccc(OCc2nnc(SCc3nnc(-c4ccc(Cl)cc4Cl)o3)o2)c1. The molecule has 30 heavy (non-hydrogen) atoms. The van der Waals surface area contributed by atoms with Crippen LogP contribution >= 0.6 is 35.0 Å².